The Morgan fingerprint density at radius 3 is 2.21 bits per heavy atom. The van der Waals surface area contributed by atoms with E-state index in [2.05, 4.69) is 25.6 Å². The molecule has 152 valence electrons. The van der Waals surface area contributed by atoms with Crippen molar-refractivity contribution in [3.63, 3.8) is 0 Å². The van der Waals surface area contributed by atoms with Gasteiger partial charge in [0.05, 0.1) is 22.0 Å². The van der Waals surface area contributed by atoms with Crippen LogP contribution in [-0.4, -0.2) is 20.5 Å². The van der Waals surface area contributed by atoms with Crippen molar-refractivity contribution in [2.75, 3.05) is 10.6 Å². The molecule has 0 radical (unpaired) electrons. The highest BCUT2D eigenvalue weighted by Gasteiger charge is 2.31. The summed E-state index contributed by atoms with van der Waals surface area (Å²) in [6.07, 6.45) is -1.17. The maximum atomic E-state index is 12.9. The lowest BCUT2D eigenvalue weighted by atomic mass is 10.1. The predicted octanol–water partition coefficient (Wildman–Crippen LogP) is 6.16. The third kappa shape index (κ3) is 5.57. The van der Waals surface area contributed by atoms with Gasteiger partial charge in [0.15, 0.2) is 0 Å². The van der Waals surface area contributed by atoms with Crippen LogP contribution in [0.1, 0.15) is 26.3 Å². The van der Waals surface area contributed by atoms with Gasteiger partial charge in [0.1, 0.15) is 5.82 Å². The third-order valence-corrected chi connectivity index (χ3v) is 4.06. The van der Waals surface area contributed by atoms with E-state index in [-0.39, 0.29) is 10.6 Å². The molecule has 5 nitrogen and oxygen atoms in total. The topological polar surface area (TPSA) is 62.7 Å². The van der Waals surface area contributed by atoms with E-state index >= 15 is 0 Å². The van der Waals surface area contributed by atoms with Crippen molar-refractivity contribution in [3.8, 4) is 11.3 Å². The summed E-state index contributed by atoms with van der Waals surface area (Å²) in [7, 11) is 0. The van der Waals surface area contributed by atoms with Gasteiger partial charge in [0, 0.05) is 29.6 Å². The number of halogens is 4. The number of pyridine rings is 1. The van der Waals surface area contributed by atoms with E-state index in [1.54, 1.807) is 30.6 Å². The molecule has 0 amide bonds. The molecule has 0 atom stereocenters. The van der Waals surface area contributed by atoms with Crippen LogP contribution >= 0.6 is 11.6 Å². The molecule has 0 spiro atoms. The molecule has 0 saturated heterocycles. The van der Waals surface area contributed by atoms with Crippen molar-refractivity contribution in [1.82, 2.24) is 15.0 Å². The van der Waals surface area contributed by atoms with Gasteiger partial charge in [0.2, 0.25) is 5.95 Å². The minimum absolute atomic E-state index is 0.0609. The molecular formula is C20H19ClF3N5. The number of rotatable bonds is 4. The second kappa shape index (κ2) is 7.87. The summed E-state index contributed by atoms with van der Waals surface area (Å²) >= 11 is 6.06. The van der Waals surface area contributed by atoms with Crippen LogP contribution < -0.4 is 10.6 Å². The van der Waals surface area contributed by atoms with E-state index < -0.39 is 11.7 Å². The number of aromatic nitrogens is 3. The van der Waals surface area contributed by atoms with E-state index in [0.717, 1.165) is 17.7 Å². The molecule has 2 aromatic heterocycles. The molecule has 3 aromatic rings. The fraction of sp³-hybridized carbons (Fsp3) is 0.250. The highest BCUT2D eigenvalue weighted by atomic mass is 35.5. The van der Waals surface area contributed by atoms with Crippen LogP contribution in [0.2, 0.25) is 5.02 Å². The van der Waals surface area contributed by atoms with Gasteiger partial charge >= 0.3 is 6.18 Å². The van der Waals surface area contributed by atoms with Gasteiger partial charge < -0.3 is 10.6 Å². The van der Waals surface area contributed by atoms with Gasteiger partial charge in [-0.15, -0.1) is 0 Å². The van der Waals surface area contributed by atoms with Crippen molar-refractivity contribution in [3.05, 3.63) is 59.4 Å². The molecule has 0 bridgehead atoms. The van der Waals surface area contributed by atoms with Gasteiger partial charge in [-0.25, -0.2) is 4.98 Å². The predicted molar refractivity (Wildman–Crippen MR) is 108 cm³/mol. The summed E-state index contributed by atoms with van der Waals surface area (Å²) in [5, 5.41) is 6.12. The molecule has 2 N–H and O–H groups in total. The van der Waals surface area contributed by atoms with Crippen molar-refractivity contribution < 1.29 is 13.2 Å². The first-order valence-electron chi connectivity index (χ1n) is 8.73. The molecule has 0 aliphatic heterocycles. The Labute approximate surface area is 171 Å². The van der Waals surface area contributed by atoms with Crippen molar-refractivity contribution in [2.45, 2.75) is 32.5 Å². The highest BCUT2D eigenvalue weighted by Crippen LogP contribution is 2.35. The average molecular weight is 422 g/mol. The largest absolute Gasteiger partial charge is 0.416 e. The van der Waals surface area contributed by atoms with Crippen molar-refractivity contribution >= 4 is 29.1 Å². The lowest BCUT2D eigenvalue weighted by molar-refractivity contribution is -0.137. The number of hydrogen-bond acceptors (Lipinski definition) is 5. The molecule has 0 saturated carbocycles. The zero-order valence-corrected chi connectivity index (χ0v) is 16.7. The Morgan fingerprint density at radius 2 is 1.62 bits per heavy atom. The van der Waals surface area contributed by atoms with Crippen LogP contribution in [0.4, 0.5) is 30.6 Å². The number of anilines is 3. The first-order chi connectivity index (χ1) is 13.5. The number of alkyl halides is 3. The standard InChI is InChI=1S/C20H19ClF3N5/c1-19(2,3)29-18-27-16(12-6-8-25-9-7-12)11-17(28-18)26-15-5-4-13(10-14(15)21)20(22,23)24/h4-11H,1-3H3,(H2,26,27,28,29). The summed E-state index contributed by atoms with van der Waals surface area (Å²) in [5.74, 6) is 0.762. The van der Waals surface area contributed by atoms with Crippen molar-refractivity contribution in [1.29, 1.82) is 0 Å². The summed E-state index contributed by atoms with van der Waals surface area (Å²) in [6.45, 7) is 5.90. The normalized spacial score (nSPS) is 12.0. The second-order valence-corrected chi connectivity index (χ2v) is 7.80. The quantitative estimate of drug-likeness (QED) is 0.527. The minimum atomic E-state index is -4.46. The molecule has 3 rings (SSSR count). The van der Waals surface area contributed by atoms with Crippen LogP contribution in [0, 0.1) is 0 Å². The van der Waals surface area contributed by atoms with Crippen LogP contribution in [-0.2, 0) is 6.18 Å². The second-order valence-electron chi connectivity index (χ2n) is 7.39. The van der Waals surface area contributed by atoms with Gasteiger partial charge in [-0.2, -0.15) is 18.2 Å². The van der Waals surface area contributed by atoms with Crippen LogP contribution in [0.15, 0.2) is 48.8 Å². The Hall–Kier alpha value is -2.87. The van der Waals surface area contributed by atoms with Crippen LogP contribution in [0.5, 0.6) is 0 Å². The van der Waals surface area contributed by atoms with Gasteiger partial charge in [-0.3, -0.25) is 4.98 Å². The molecule has 9 heteroatoms. The van der Waals surface area contributed by atoms with Gasteiger partial charge in [-0.1, -0.05) is 11.6 Å². The Balaban J connectivity index is 1.99. The fourth-order valence-corrected chi connectivity index (χ4v) is 2.73. The zero-order chi connectivity index (χ0) is 21.2. The lowest BCUT2D eigenvalue weighted by Crippen LogP contribution is -2.27. The maximum Gasteiger partial charge on any atom is 0.416 e. The van der Waals surface area contributed by atoms with Crippen LogP contribution in [0.3, 0.4) is 0 Å². The van der Waals surface area contributed by atoms with E-state index in [1.165, 1.54) is 6.07 Å². The summed E-state index contributed by atoms with van der Waals surface area (Å²) in [6, 6.07) is 8.42. The van der Waals surface area contributed by atoms with Crippen LogP contribution in [0.25, 0.3) is 11.3 Å². The molecule has 1 aromatic carbocycles. The summed E-state index contributed by atoms with van der Waals surface area (Å²) < 4.78 is 38.6. The average Bonchev–Trinajstić information content (AvgIpc) is 2.61. The molecule has 0 aliphatic rings. The smallest absolute Gasteiger partial charge is 0.350 e. The monoisotopic (exact) mass is 421 g/mol. The van der Waals surface area contributed by atoms with E-state index in [4.69, 9.17) is 11.6 Å². The van der Waals surface area contributed by atoms with Gasteiger partial charge in [-0.05, 0) is 51.1 Å². The number of benzene rings is 1. The first kappa shape index (κ1) is 20.9. The Kier molecular flexibility index (Phi) is 5.66. The SMILES string of the molecule is CC(C)(C)Nc1nc(Nc2ccc(C(F)(F)F)cc2Cl)cc(-c2ccncc2)n1. The highest BCUT2D eigenvalue weighted by molar-refractivity contribution is 6.33. The van der Waals surface area contributed by atoms with E-state index in [0.29, 0.717) is 23.1 Å². The molecule has 29 heavy (non-hydrogen) atoms. The molecular weight excluding hydrogens is 403 g/mol. The number of nitrogens with zero attached hydrogens (tertiary/aromatic N) is 3. The third-order valence-electron chi connectivity index (χ3n) is 3.75. The molecule has 0 fully saturated rings. The maximum absolute atomic E-state index is 12.9. The number of hydrogen-bond donors (Lipinski definition) is 2. The minimum Gasteiger partial charge on any atom is -0.350 e. The fourth-order valence-electron chi connectivity index (χ4n) is 2.50. The van der Waals surface area contributed by atoms with Crippen molar-refractivity contribution in [2.24, 2.45) is 0 Å². The first-order valence-corrected chi connectivity index (χ1v) is 9.10. The Bertz CT molecular complexity index is 1000. The zero-order valence-electron chi connectivity index (χ0n) is 16.0. The molecule has 0 unspecified atom stereocenters. The Morgan fingerprint density at radius 1 is 0.931 bits per heavy atom. The van der Waals surface area contributed by atoms with Gasteiger partial charge in [0.25, 0.3) is 0 Å². The van der Waals surface area contributed by atoms with E-state index in [1.807, 2.05) is 20.8 Å². The molecule has 0 aliphatic carbocycles. The van der Waals surface area contributed by atoms with E-state index in [9.17, 15) is 13.2 Å². The molecule has 2 heterocycles. The lowest BCUT2D eigenvalue weighted by Gasteiger charge is -2.21. The summed E-state index contributed by atoms with van der Waals surface area (Å²) in [5.41, 5.74) is 0.643. The number of nitrogens with one attached hydrogen (secondary N) is 2. The summed E-state index contributed by atoms with van der Waals surface area (Å²) in [4.78, 5) is 12.9.